The smallest absolute Gasteiger partial charge is 0.338 e. The van der Waals surface area contributed by atoms with Gasteiger partial charge in [-0.15, -0.1) is 0 Å². The Kier molecular flexibility index (Phi) is 8.59. The highest BCUT2D eigenvalue weighted by molar-refractivity contribution is 14.1. The van der Waals surface area contributed by atoms with Crippen molar-refractivity contribution in [3.8, 4) is 12.1 Å². The van der Waals surface area contributed by atoms with Crippen LogP contribution in [0.25, 0.3) is 0 Å². The van der Waals surface area contributed by atoms with E-state index in [1.807, 2.05) is 44.2 Å². The van der Waals surface area contributed by atoms with Crippen LogP contribution in [0.3, 0.4) is 0 Å². The molecular weight excluding hydrogens is 563 g/mol. The molecule has 2 aromatic rings. The van der Waals surface area contributed by atoms with E-state index in [-0.39, 0.29) is 35.1 Å². The van der Waals surface area contributed by atoms with Gasteiger partial charge in [0.25, 0.3) is 0 Å². The van der Waals surface area contributed by atoms with Gasteiger partial charge in [-0.05, 0) is 66.1 Å². The number of aromatic nitrogens is 1. The van der Waals surface area contributed by atoms with Crippen LogP contribution in [0.1, 0.15) is 42.1 Å². The van der Waals surface area contributed by atoms with Gasteiger partial charge in [0.2, 0.25) is 5.88 Å². The molecule has 0 spiro atoms. The molecule has 174 valence electrons. The highest BCUT2D eigenvalue weighted by Gasteiger charge is 2.38. The number of halogens is 1. The van der Waals surface area contributed by atoms with Gasteiger partial charge in [-0.3, -0.25) is 0 Å². The second-order valence-electron chi connectivity index (χ2n) is 7.36. The zero-order valence-corrected chi connectivity index (χ0v) is 22.0. The predicted octanol–water partition coefficient (Wildman–Crippen LogP) is 4.85. The van der Waals surface area contributed by atoms with Crippen molar-refractivity contribution in [2.24, 2.45) is 5.73 Å². The fraction of sp³-hybridized carbons (Fsp3) is 0.280. The first-order valence-electron chi connectivity index (χ1n) is 10.6. The number of nitriles is 2. The summed E-state index contributed by atoms with van der Waals surface area (Å²) < 4.78 is 12.0. The number of carbonyl (C=O) groups excluding carboxylic acids is 1. The van der Waals surface area contributed by atoms with Crippen LogP contribution in [0.15, 0.2) is 58.1 Å². The topological polar surface area (TPSA) is 122 Å². The molecule has 3 rings (SSSR count). The van der Waals surface area contributed by atoms with Gasteiger partial charge < -0.3 is 15.2 Å². The quantitative estimate of drug-likeness (QED) is 0.278. The lowest BCUT2D eigenvalue weighted by molar-refractivity contribution is -0.139. The van der Waals surface area contributed by atoms with Crippen molar-refractivity contribution in [1.29, 1.82) is 10.5 Å². The van der Waals surface area contributed by atoms with Gasteiger partial charge in [-0.2, -0.15) is 10.5 Å². The zero-order chi connectivity index (χ0) is 24.8. The van der Waals surface area contributed by atoms with Crippen molar-refractivity contribution in [1.82, 2.24) is 4.98 Å². The molecule has 0 saturated heterocycles. The van der Waals surface area contributed by atoms with Crippen LogP contribution in [0.4, 0.5) is 0 Å². The summed E-state index contributed by atoms with van der Waals surface area (Å²) in [6, 6.07) is 13.6. The largest absolute Gasteiger partial charge is 0.463 e. The summed E-state index contributed by atoms with van der Waals surface area (Å²) in [6.07, 6.45) is 0.730. The third-order valence-corrected chi connectivity index (χ3v) is 7.26. The number of nitrogens with zero attached hydrogens (tertiary/aromatic N) is 3. The van der Waals surface area contributed by atoms with E-state index < -0.39 is 11.9 Å². The molecule has 1 aliphatic heterocycles. The van der Waals surface area contributed by atoms with E-state index in [2.05, 4.69) is 39.7 Å². The predicted molar refractivity (Wildman–Crippen MR) is 137 cm³/mol. The van der Waals surface area contributed by atoms with E-state index >= 15 is 0 Å². The van der Waals surface area contributed by atoms with Crippen molar-refractivity contribution in [3.05, 3.63) is 79.1 Å². The molecule has 34 heavy (non-hydrogen) atoms. The van der Waals surface area contributed by atoms with Gasteiger partial charge in [0.05, 0.1) is 29.4 Å². The molecule has 1 aliphatic rings. The molecular formula is C25H23IN4O3S. The molecule has 0 fully saturated rings. The molecule has 2 N–H and O–H groups in total. The number of thioether (sulfide) groups is 1. The zero-order valence-electron chi connectivity index (χ0n) is 19.0. The Balaban J connectivity index is 2.12. The summed E-state index contributed by atoms with van der Waals surface area (Å²) in [6.45, 7) is 5.81. The van der Waals surface area contributed by atoms with Crippen molar-refractivity contribution in [2.45, 2.75) is 38.1 Å². The van der Waals surface area contributed by atoms with Gasteiger partial charge in [0.1, 0.15) is 28.5 Å². The molecule has 0 amide bonds. The molecule has 9 heteroatoms. The fourth-order valence-electron chi connectivity index (χ4n) is 3.69. The number of allylic oxidation sites excluding steroid dienone is 1. The van der Waals surface area contributed by atoms with Gasteiger partial charge in [-0.1, -0.05) is 36.9 Å². The Hall–Kier alpha value is -3.02. The molecule has 2 heterocycles. The average Bonchev–Trinajstić information content (AvgIpc) is 2.82. The third-order valence-electron chi connectivity index (χ3n) is 5.29. The summed E-state index contributed by atoms with van der Waals surface area (Å²) in [4.78, 5) is 17.8. The first kappa shape index (κ1) is 25.6. The minimum absolute atomic E-state index is 0.0533. The summed E-state index contributed by atoms with van der Waals surface area (Å²) in [5.41, 5.74) is 9.59. The van der Waals surface area contributed by atoms with Gasteiger partial charge in [0.15, 0.2) is 0 Å². The lowest BCUT2D eigenvalue weighted by Crippen LogP contribution is -2.27. The first-order valence-corrected chi connectivity index (χ1v) is 12.7. The van der Waals surface area contributed by atoms with Gasteiger partial charge in [-0.25, -0.2) is 9.78 Å². The van der Waals surface area contributed by atoms with Crippen LogP contribution in [0.5, 0.6) is 0 Å². The van der Waals surface area contributed by atoms with Crippen molar-refractivity contribution < 1.29 is 14.3 Å². The Labute approximate surface area is 216 Å². The first-order chi connectivity index (χ1) is 16.4. The SMILES string of the molecule is CCOC(=O)C1=C(CSc2nc(CC)c(C)cc2C#N)OC(N)=C(C#N)[C@H]1c1ccccc1I. The molecule has 0 radical (unpaired) electrons. The normalized spacial score (nSPS) is 15.4. The molecule has 1 aromatic carbocycles. The summed E-state index contributed by atoms with van der Waals surface area (Å²) in [7, 11) is 0. The van der Waals surface area contributed by atoms with E-state index in [1.54, 1.807) is 6.92 Å². The third kappa shape index (κ3) is 5.21. The number of benzene rings is 1. The van der Waals surface area contributed by atoms with Crippen molar-refractivity contribution in [2.75, 3.05) is 12.4 Å². The van der Waals surface area contributed by atoms with Crippen LogP contribution in [0, 0.1) is 33.2 Å². The summed E-state index contributed by atoms with van der Waals surface area (Å²) >= 11 is 3.45. The molecule has 7 nitrogen and oxygen atoms in total. The van der Waals surface area contributed by atoms with Crippen LogP contribution in [-0.2, 0) is 20.7 Å². The monoisotopic (exact) mass is 586 g/mol. The number of nitrogens with two attached hydrogens (primary N) is 1. The van der Waals surface area contributed by atoms with E-state index in [1.165, 1.54) is 11.8 Å². The lowest BCUT2D eigenvalue weighted by atomic mass is 9.83. The van der Waals surface area contributed by atoms with Crippen LogP contribution in [-0.4, -0.2) is 23.3 Å². The molecule has 0 aliphatic carbocycles. The van der Waals surface area contributed by atoms with Gasteiger partial charge in [0, 0.05) is 9.26 Å². The fourth-order valence-corrected chi connectivity index (χ4v) is 5.31. The Morgan fingerprint density at radius 2 is 2.03 bits per heavy atom. The minimum atomic E-state index is -0.728. The molecule has 1 atom stereocenters. The maximum Gasteiger partial charge on any atom is 0.338 e. The summed E-state index contributed by atoms with van der Waals surface area (Å²) in [5, 5.41) is 20.0. The second kappa shape index (κ2) is 11.4. The number of aryl methyl sites for hydroxylation is 2. The minimum Gasteiger partial charge on any atom is -0.463 e. The van der Waals surface area contributed by atoms with Crippen LogP contribution >= 0.6 is 34.4 Å². The van der Waals surface area contributed by atoms with E-state index in [9.17, 15) is 15.3 Å². The van der Waals surface area contributed by atoms with Crippen molar-refractivity contribution >= 4 is 40.3 Å². The number of hydrogen-bond acceptors (Lipinski definition) is 8. The van der Waals surface area contributed by atoms with E-state index in [4.69, 9.17) is 15.2 Å². The average molecular weight is 586 g/mol. The number of esters is 1. The summed E-state index contributed by atoms with van der Waals surface area (Å²) in [5.74, 6) is -0.887. The van der Waals surface area contributed by atoms with E-state index in [0.29, 0.717) is 10.6 Å². The number of carbonyl (C=O) groups is 1. The van der Waals surface area contributed by atoms with Crippen LogP contribution in [0.2, 0.25) is 0 Å². The lowest BCUT2D eigenvalue weighted by Gasteiger charge is -2.28. The number of hydrogen-bond donors (Lipinski definition) is 1. The molecule has 0 saturated carbocycles. The molecule has 0 unspecified atom stereocenters. The second-order valence-corrected chi connectivity index (χ2v) is 9.49. The molecule has 1 aromatic heterocycles. The Bertz CT molecular complexity index is 1270. The van der Waals surface area contributed by atoms with Crippen molar-refractivity contribution in [3.63, 3.8) is 0 Å². The maximum atomic E-state index is 13.1. The molecule has 0 bridgehead atoms. The standard InChI is InChI=1S/C25H23IN4O3S/c1-4-19-14(3)10-15(11-27)24(30-19)34-13-20-22(25(31)32-5-2)21(17(12-28)23(29)33-20)16-8-6-7-9-18(16)26/h6-10,21H,4-5,13,29H2,1-3H3/t21-/m1/s1. The number of rotatable bonds is 7. The highest BCUT2D eigenvalue weighted by Crippen LogP contribution is 2.42. The Morgan fingerprint density at radius 3 is 2.65 bits per heavy atom. The number of ether oxygens (including phenoxy) is 2. The number of pyridine rings is 1. The Morgan fingerprint density at radius 1 is 1.29 bits per heavy atom. The highest BCUT2D eigenvalue weighted by atomic mass is 127. The maximum absolute atomic E-state index is 13.1. The van der Waals surface area contributed by atoms with E-state index in [0.717, 1.165) is 26.8 Å². The van der Waals surface area contributed by atoms with Gasteiger partial charge >= 0.3 is 5.97 Å². The van der Waals surface area contributed by atoms with Crippen LogP contribution < -0.4 is 5.73 Å².